The Hall–Kier alpha value is -3.67. The standard InChI is InChI=1S/C24H19ClN6OS/c1-15-3-6-20(11-16(15)2)31-23(17-7-9-27-10-8-17)29-30-24(31)33-14-22(32)28-21-12-19(25)5-4-18(21)13-26/h3-12H,14H2,1-2H3,(H,28,32). The molecule has 33 heavy (non-hydrogen) atoms. The van der Waals surface area contributed by atoms with Gasteiger partial charge in [0.2, 0.25) is 5.91 Å². The summed E-state index contributed by atoms with van der Waals surface area (Å²) >= 11 is 7.27. The van der Waals surface area contributed by atoms with Crippen molar-refractivity contribution in [3.63, 3.8) is 0 Å². The molecule has 0 radical (unpaired) electrons. The third-order valence-electron chi connectivity index (χ3n) is 5.03. The van der Waals surface area contributed by atoms with Crippen LogP contribution in [0.2, 0.25) is 5.02 Å². The number of carbonyl (C=O) groups is 1. The minimum absolute atomic E-state index is 0.0801. The van der Waals surface area contributed by atoms with Crippen LogP contribution in [0.1, 0.15) is 16.7 Å². The number of amides is 1. The highest BCUT2D eigenvalue weighted by atomic mass is 35.5. The molecule has 2 aromatic carbocycles. The maximum atomic E-state index is 12.6. The van der Waals surface area contributed by atoms with Gasteiger partial charge in [0, 0.05) is 23.0 Å². The van der Waals surface area contributed by atoms with Gasteiger partial charge in [-0.05, 0) is 67.4 Å². The number of thioether (sulfide) groups is 1. The van der Waals surface area contributed by atoms with Crippen molar-refractivity contribution < 1.29 is 4.79 Å². The van der Waals surface area contributed by atoms with Crippen molar-refractivity contribution in [2.24, 2.45) is 0 Å². The second-order valence-electron chi connectivity index (χ2n) is 7.28. The number of aromatic nitrogens is 4. The molecule has 0 saturated heterocycles. The average Bonchev–Trinajstić information content (AvgIpc) is 3.24. The molecule has 1 amide bonds. The maximum absolute atomic E-state index is 12.6. The lowest BCUT2D eigenvalue weighted by Gasteiger charge is -2.12. The fraction of sp³-hybridized carbons (Fsp3) is 0.125. The summed E-state index contributed by atoms with van der Waals surface area (Å²) in [6.45, 7) is 4.10. The molecule has 0 unspecified atom stereocenters. The van der Waals surface area contributed by atoms with E-state index in [-0.39, 0.29) is 11.7 Å². The highest BCUT2D eigenvalue weighted by Gasteiger charge is 2.18. The Balaban J connectivity index is 1.62. The van der Waals surface area contributed by atoms with Crippen LogP contribution in [-0.2, 0) is 4.79 Å². The molecule has 1 N–H and O–H groups in total. The Morgan fingerprint density at radius 3 is 2.61 bits per heavy atom. The Morgan fingerprint density at radius 2 is 1.88 bits per heavy atom. The number of nitrogens with zero attached hydrogens (tertiary/aromatic N) is 5. The van der Waals surface area contributed by atoms with Gasteiger partial charge in [-0.3, -0.25) is 14.3 Å². The number of pyridine rings is 1. The molecule has 0 saturated carbocycles. The van der Waals surface area contributed by atoms with Crippen molar-refractivity contribution in [3.8, 4) is 23.1 Å². The van der Waals surface area contributed by atoms with Crippen molar-refractivity contribution in [3.05, 3.63) is 82.6 Å². The number of anilines is 1. The summed E-state index contributed by atoms with van der Waals surface area (Å²) in [6, 6.07) is 16.6. The molecule has 7 nitrogen and oxygen atoms in total. The number of nitrogens with one attached hydrogen (secondary N) is 1. The summed E-state index contributed by atoms with van der Waals surface area (Å²) in [5.74, 6) is 0.459. The lowest BCUT2D eigenvalue weighted by molar-refractivity contribution is -0.113. The van der Waals surface area contributed by atoms with Gasteiger partial charge in [-0.25, -0.2) is 0 Å². The lowest BCUT2D eigenvalue weighted by atomic mass is 10.1. The fourth-order valence-electron chi connectivity index (χ4n) is 3.18. The Kier molecular flexibility index (Phi) is 6.73. The smallest absolute Gasteiger partial charge is 0.234 e. The van der Waals surface area contributed by atoms with E-state index >= 15 is 0 Å². The highest BCUT2D eigenvalue weighted by Crippen LogP contribution is 2.29. The minimum atomic E-state index is -0.279. The van der Waals surface area contributed by atoms with Gasteiger partial charge < -0.3 is 5.32 Å². The van der Waals surface area contributed by atoms with Gasteiger partial charge in [-0.1, -0.05) is 29.4 Å². The first-order valence-electron chi connectivity index (χ1n) is 10.0. The molecule has 0 aliphatic rings. The molecule has 0 aliphatic carbocycles. The van der Waals surface area contributed by atoms with Gasteiger partial charge in [0.25, 0.3) is 0 Å². The molecule has 0 spiro atoms. The molecule has 0 atom stereocenters. The molecular formula is C24H19ClN6OS. The average molecular weight is 475 g/mol. The van der Waals surface area contributed by atoms with Crippen LogP contribution in [-0.4, -0.2) is 31.4 Å². The van der Waals surface area contributed by atoms with Crippen LogP contribution in [0.5, 0.6) is 0 Å². The van der Waals surface area contributed by atoms with Crippen LogP contribution in [0.3, 0.4) is 0 Å². The largest absolute Gasteiger partial charge is 0.324 e. The lowest BCUT2D eigenvalue weighted by Crippen LogP contribution is -2.15. The summed E-state index contributed by atoms with van der Waals surface area (Å²) in [5.41, 5.74) is 4.81. The van der Waals surface area contributed by atoms with Gasteiger partial charge in [-0.2, -0.15) is 5.26 Å². The summed E-state index contributed by atoms with van der Waals surface area (Å²) < 4.78 is 1.93. The summed E-state index contributed by atoms with van der Waals surface area (Å²) in [7, 11) is 0. The number of rotatable bonds is 6. The van der Waals surface area contributed by atoms with E-state index in [1.165, 1.54) is 17.3 Å². The second-order valence-corrected chi connectivity index (χ2v) is 8.66. The molecule has 0 fully saturated rings. The van der Waals surface area contributed by atoms with Crippen molar-refractivity contribution in [1.29, 1.82) is 5.26 Å². The number of hydrogen-bond donors (Lipinski definition) is 1. The van der Waals surface area contributed by atoms with Crippen molar-refractivity contribution in [1.82, 2.24) is 19.7 Å². The third kappa shape index (κ3) is 5.06. The molecule has 2 heterocycles. The molecule has 0 bridgehead atoms. The van der Waals surface area contributed by atoms with E-state index in [0.717, 1.165) is 16.8 Å². The SMILES string of the molecule is Cc1ccc(-n2c(SCC(=O)Nc3cc(Cl)ccc3C#N)nnc2-c2ccncc2)cc1C. The maximum Gasteiger partial charge on any atom is 0.234 e. The zero-order valence-corrected chi connectivity index (χ0v) is 19.5. The quantitative estimate of drug-likeness (QED) is 0.386. The number of hydrogen-bond acceptors (Lipinski definition) is 6. The Morgan fingerprint density at radius 1 is 1.09 bits per heavy atom. The monoisotopic (exact) mass is 474 g/mol. The van der Waals surface area contributed by atoms with E-state index in [1.807, 2.05) is 35.8 Å². The van der Waals surface area contributed by atoms with Crippen molar-refractivity contribution >= 4 is 35.0 Å². The van der Waals surface area contributed by atoms with Crippen LogP contribution in [0, 0.1) is 25.2 Å². The first-order valence-corrected chi connectivity index (χ1v) is 11.4. The predicted octanol–water partition coefficient (Wildman–Crippen LogP) is 5.20. The normalized spacial score (nSPS) is 10.6. The van der Waals surface area contributed by atoms with Gasteiger partial charge in [0.15, 0.2) is 11.0 Å². The van der Waals surface area contributed by atoms with Gasteiger partial charge in [0.05, 0.1) is 22.7 Å². The van der Waals surface area contributed by atoms with E-state index in [9.17, 15) is 10.1 Å². The molecule has 164 valence electrons. The highest BCUT2D eigenvalue weighted by molar-refractivity contribution is 7.99. The van der Waals surface area contributed by atoms with E-state index in [1.54, 1.807) is 30.6 Å². The molecule has 0 aliphatic heterocycles. The minimum Gasteiger partial charge on any atom is -0.324 e. The third-order valence-corrected chi connectivity index (χ3v) is 6.19. The zero-order valence-electron chi connectivity index (χ0n) is 17.9. The zero-order chi connectivity index (χ0) is 23.4. The van der Waals surface area contributed by atoms with Crippen LogP contribution in [0.25, 0.3) is 17.1 Å². The summed E-state index contributed by atoms with van der Waals surface area (Å²) in [6.07, 6.45) is 3.40. The van der Waals surface area contributed by atoms with E-state index in [4.69, 9.17) is 11.6 Å². The first kappa shape index (κ1) is 22.5. The molecule has 9 heteroatoms. The van der Waals surface area contributed by atoms with E-state index < -0.39 is 0 Å². The van der Waals surface area contributed by atoms with Crippen molar-refractivity contribution in [2.45, 2.75) is 19.0 Å². The second kappa shape index (κ2) is 9.86. The van der Waals surface area contributed by atoms with Crippen LogP contribution >= 0.6 is 23.4 Å². The van der Waals surface area contributed by atoms with Gasteiger partial charge in [-0.15, -0.1) is 10.2 Å². The number of carbonyl (C=O) groups excluding carboxylic acids is 1. The number of benzene rings is 2. The van der Waals surface area contributed by atoms with Crippen LogP contribution in [0.15, 0.2) is 66.1 Å². The number of aryl methyl sites for hydroxylation is 2. The summed E-state index contributed by atoms with van der Waals surface area (Å²) in [5, 5.41) is 21.8. The molecule has 4 rings (SSSR count). The topological polar surface area (TPSA) is 96.5 Å². The summed E-state index contributed by atoms with van der Waals surface area (Å²) in [4.78, 5) is 16.7. The van der Waals surface area contributed by atoms with Crippen molar-refractivity contribution in [2.75, 3.05) is 11.1 Å². The van der Waals surface area contributed by atoms with Gasteiger partial charge >= 0.3 is 0 Å². The number of nitriles is 1. The fourth-order valence-corrected chi connectivity index (χ4v) is 4.11. The van der Waals surface area contributed by atoms with E-state index in [2.05, 4.69) is 39.6 Å². The number of halogens is 1. The van der Waals surface area contributed by atoms with Crippen LogP contribution in [0.4, 0.5) is 5.69 Å². The van der Waals surface area contributed by atoms with E-state index in [0.29, 0.717) is 27.3 Å². The van der Waals surface area contributed by atoms with Gasteiger partial charge in [0.1, 0.15) is 6.07 Å². The first-order chi connectivity index (χ1) is 16.0. The molecule has 2 aromatic heterocycles. The predicted molar refractivity (Wildman–Crippen MR) is 130 cm³/mol. The molecular weight excluding hydrogens is 456 g/mol. The van der Waals surface area contributed by atoms with Crippen LogP contribution < -0.4 is 5.32 Å². The molecule has 4 aromatic rings. The Bertz CT molecular complexity index is 1360. The Labute approximate surface area is 200 Å².